The number of allylic oxidation sites excluding steroid dienone is 1. The van der Waals surface area contributed by atoms with Gasteiger partial charge in [0.1, 0.15) is 11.8 Å². The van der Waals surface area contributed by atoms with Crippen LogP contribution >= 0.6 is 0 Å². The number of carbonyl (C=O) groups excluding carboxylic acids is 1. The summed E-state index contributed by atoms with van der Waals surface area (Å²) in [4.78, 5) is 22.4. The normalized spacial score (nSPS) is 14.8. The molecule has 0 fully saturated rings. The molecular formula is C27H26N6O2. The van der Waals surface area contributed by atoms with E-state index < -0.39 is 6.04 Å². The molecule has 0 unspecified atom stereocenters. The monoisotopic (exact) mass is 466 g/mol. The van der Waals surface area contributed by atoms with Crippen LogP contribution in [-0.2, 0) is 4.79 Å². The summed E-state index contributed by atoms with van der Waals surface area (Å²) >= 11 is 0. The van der Waals surface area contributed by atoms with Gasteiger partial charge in [-0.3, -0.25) is 9.78 Å². The van der Waals surface area contributed by atoms with Gasteiger partial charge in [0.25, 0.3) is 5.91 Å². The first-order valence-corrected chi connectivity index (χ1v) is 11.5. The van der Waals surface area contributed by atoms with Crippen molar-refractivity contribution in [2.45, 2.75) is 26.8 Å². The Hall–Kier alpha value is -4.46. The maximum atomic E-state index is 13.5. The third-order valence-electron chi connectivity index (χ3n) is 5.80. The quantitative estimate of drug-likeness (QED) is 0.417. The van der Waals surface area contributed by atoms with Crippen LogP contribution in [0, 0.1) is 6.92 Å². The molecule has 2 aromatic carbocycles. The number of nitrogens with zero attached hydrogens (tertiary/aromatic N) is 4. The van der Waals surface area contributed by atoms with E-state index in [-0.39, 0.29) is 5.91 Å². The van der Waals surface area contributed by atoms with Gasteiger partial charge in [0.15, 0.2) is 5.82 Å². The summed E-state index contributed by atoms with van der Waals surface area (Å²) in [6, 6.07) is 18.9. The molecule has 0 bridgehead atoms. The van der Waals surface area contributed by atoms with Crippen LogP contribution in [0.3, 0.4) is 0 Å². The Bertz CT molecular complexity index is 1390. The smallest absolute Gasteiger partial charge is 0.255 e. The van der Waals surface area contributed by atoms with Crippen LogP contribution < -0.4 is 15.4 Å². The van der Waals surface area contributed by atoms with E-state index in [0.29, 0.717) is 29.6 Å². The number of rotatable bonds is 6. The molecule has 8 nitrogen and oxygen atoms in total. The molecule has 0 saturated heterocycles. The lowest BCUT2D eigenvalue weighted by Crippen LogP contribution is -2.31. The zero-order chi connectivity index (χ0) is 24.4. The fraction of sp³-hybridized carbons (Fsp3) is 0.185. The molecule has 8 heteroatoms. The second kappa shape index (κ2) is 9.42. The summed E-state index contributed by atoms with van der Waals surface area (Å²) in [5.41, 5.74) is 4.82. The first-order chi connectivity index (χ1) is 17.0. The molecule has 3 heterocycles. The van der Waals surface area contributed by atoms with E-state index in [9.17, 15) is 4.79 Å². The zero-order valence-corrected chi connectivity index (χ0v) is 19.8. The number of aryl methyl sites for hydroxylation is 1. The lowest BCUT2D eigenvalue weighted by Gasteiger charge is -2.28. The summed E-state index contributed by atoms with van der Waals surface area (Å²) in [6.45, 7) is 6.47. The molecule has 0 saturated carbocycles. The summed E-state index contributed by atoms with van der Waals surface area (Å²) in [6.07, 6.45) is 3.29. The molecule has 1 amide bonds. The van der Waals surface area contributed by atoms with Crippen molar-refractivity contribution in [3.63, 3.8) is 0 Å². The number of aromatic nitrogens is 4. The van der Waals surface area contributed by atoms with Gasteiger partial charge in [-0.05, 0) is 62.7 Å². The van der Waals surface area contributed by atoms with Crippen LogP contribution in [0.4, 0.5) is 11.6 Å². The number of anilines is 2. The van der Waals surface area contributed by atoms with Crippen molar-refractivity contribution in [1.29, 1.82) is 0 Å². The van der Waals surface area contributed by atoms with Crippen LogP contribution in [0.1, 0.15) is 31.0 Å². The van der Waals surface area contributed by atoms with E-state index in [1.54, 1.807) is 23.1 Å². The van der Waals surface area contributed by atoms with Gasteiger partial charge in [0.05, 0.1) is 24.1 Å². The van der Waals surface area contributed by atoms with Crippen molar-refractivity contribution in [2.75, 3.05) is 17.2 Å². The molecule has 1 aliphatic heterocycles. The second-order valence-electron chi connectivity index (χ2n) is 8.34. The standard InChI is InChI=1S/C27H26N6O2/c1-4-35-22-12-10-19(11-13-22)25-31-27-29-18(3)23(26(34)30-21-9-6-14-28-16-21)24(33(27)32-25)20-8-5-7-17(2)15-20/h5-16,24H,4H2,1-3H3,(H,30,34)(H,29,31,32)/t24-/m0/s1. The average Bonchev–Trinajstić information content (AvgIpc) is 3.28. The largest absolute Gasteiger partial charge is 0.494 e. The third-order valence-corrected chi connectivity index (χ3v) is 5.80. The minimum atomic E-state index is -0.452. The molecule has 176 valence electrons. The van der Waals surface area contributed by atoms with Gasteiger partial charge in [0.2, 0.25) is 5.95 Å². The SMILES string of the molecule is CCOc1ccc(-c2nc3n(n2)[C@@H](c2cccc(C)c2)C(C(=O)Nc2cccnc2)=C(C)N3)cc1. The molecule has 2 aromatic heterocycles. The minimum absolute atomic E-state index is 0.224. The predicted molar refractivity (Wildman–Crippen MR) is 135 cm³/mol. The molecule has 0 radical (unpaired) electrons. The predicted octanol–water partition coefficient (Wildman–Crippen LogP) is 4.97. The van der Waals surface area contributed by atoms with Crippen LogP contribution in [0.25, 0.3) is 11.4 Å². The molecule has 4 aromatic rings. The Morgan fingerprint density at radius 1 is 1.11 bits per heavy atom. The molecule has 5 rings (SSSR count). The molecular weight excluding hydrogens is 440 g/mol. The maximum Gasteiger partial charge on any atom is 0.255 e. The Balaban J connectivity index is 1.57. The summed E-state index contributed by atoms with van der Waals surface area (Å²) in [5.74, 6) is 1.71. The molecule has 0 spiro atoms. The van der Waals surface area contributed by atoms with Gasteiger partial charge < -0.3 is 15.4 Å². The number of hydrogen-bond acceptors (Lipinski definition) is 6. The number of benzene rings is 2. The number of amides is 1. The first-order valence-electron chi connectivity index (χ1n) is 11.5. The lowest BCUT2D eigenvalue weighted by atomic mass is 9.94. The van der Waals surface area contributed by atoms with Crippen molar-refractivity contribution >= 4 is 17.5 Å². The van der Waals surface area contributed by atoms with Crippen LogP contribution in [0.15, 0.2) is 84.3 Å². The molecule has 2 N–H and O–H groups in total. The van der Waals surface area contributed by atoms with Crippen LogP contribution in [0.5, 0.6) is 5.75 Å². The number of hydrogen-bond donors (Lipinski definition) is 2. The van der Waals surface area contributed by atoms with Crippen LogP contribution in [0.2, 0.25) is 0 Å². The zero-order valence-electron chi connectivity index (χ0n) is 19.8. The Labute approximate surface area is 203 Å². The van der Waals surface area contributed by atoms with Crippen molar-refractivity contribution in [3.8, 4) is 17.1 Å². The van der Waals surface area contributed by atoms with Crippen LogP contribution in [-0.4, -0.2) is 32.3 Å². The Morgan fingerprint density at radius 3 is 2.66 bits per heavy atom. The van der Waals surface area contributed by atoms with Gasteiger partial charge in [-0.2, -0.15) is 4.98 Å². The lowest BCUT2D eigenvalue weighted by molar-refractivity contribution is -0.113. The highest BCUT2D eigenvalue weighted by atomic mass is 16.5. The van der Waals surface area contributed by atoms with E-state index in [1.807, 2.05) is 69.3 Å². The van der Waals surface area contributed by atoms with Gasteiger partial charge in [0, 0.05) is 17.5 Å². The summed E-state index contributed by atoms with van der Waals surface area (Å²) in [5, 5.41) is 11.1. The Kier molecular flexibility index (Phi) is 6.01. The van der Waals surface area contributed by atoms with Crippen molar-refractivity contribution in [1.82, 2.24) is 19.7 Å². The summed E-state index contributed by atoms with van der Waals surface area (Å²) in [7, 11) is 0. The number of fused-ring (bicyclic) bond motifs is 1. The number of ether oxygens (including phenoxy) is 1. The van der Waals surface area contributed by atoms with Crippen molar-refractivity contribution < 1.29 is 9.53 Å². The molecule has 0 aliphatic carbocycles. The number of nitrogens with one attached hydrogen (secondary N) is 2. The Morgan fingerprint density at radius 2 is 1.94 bits per heavy atom. The van der Waals surface area contributed by atoms with Crippen molar-refractivity contribution in [2.24, 2.45) is 0 Å². The fourth-order valence-corrected chi connectivity index (χ4v) is 4.22. The average molecular weight is 467 g/mol. The maximum absolute atomic E-state index is 13.5. The highest BCUT2D eigenvalue weighted by Crippen LogP contribution is 2.37. The molecule has 35 heavy (non-hydrogen) atoms. The topological polar surface area (TPSA) is 94.0 Å². The van der Waals surface area contributed by atoms with E-state index in [4.69, 9.17) is 14.8 Å². The molecule has 1 aliphatic rings. The second-order valence-corrected chi connectivity index (χ2v) is 8.34. The summed E-state index contributed by atoms with van der Waals surface area (Å²) < 4.78 is 7.34. The number of pyridine rings is 1. The molecule has 1 atom stereocenters. The third kappa shape index (κ3) is 4.50. The van der Waals surface area contributed by atoms with Gasteiger partial charge in [-0.25, -0.2) is 4.68 Å². The van der Waals surface area contributed by atoms with Crippen molar-refractivity contribution in [3.05, 3.63) is 95.5 Å². The van der Waals surface area contributed by atoms with Gasteiger partial charge in [-0.15, -0.1) is 5.10 Å². The minimum Gasteiger partial charge on any atom is -0.494 e. The van der Waals surface area contributed by atoms with E-state index in [1.165, 1.54) is 0 Å². The number of carbonyl (C=O) groups is 1. The van der Waals surface area contributed by atoms with E-state index in [2.05, 4.69) is 21.7 Å². The van der Waals surface area contributed by atoms with E-state index >= 15 is 0 Å². The van der Waals surface area contributed by atoms with E-state index in [0.717, 1.165) is 28.1 Å². The van der Waals surface area contributed by atoms with Gasteiger partial charge in [-0.1, -0.05) is 29.8 Å². The highest BCUT2D eigenvalue weighted by Gasteiger charge is 2.34. The first kappa shape index (κ1) is 22.3. The highest BCUT2D eigenvalue weighted by molar-refractivity contribution is 6.05. The fourth-order valence-electron chi connectivity index (χ4n) is 4.22. The van der Waals surface area contributed by atoms with Gasteiger partial charge >= 0.3 is 0 Å².